The Morgan fingerprint density at radius 3 is 2.62 bits per heavy atom. The van der Waals surface area contributed by atoms with Crippen molar-refractivity contribution in [3.05, 3.63) is 35.5 Å². The summed E-state index contributed by atoms with van der Waals surface area (Å²) < 4.78 is 10.4. The van der Waals surface area contributed by atoms with Crippen LogP contribution in [0.2, 0.25) is 0 Å². The first-order chi connectivity index (χ1) is 10.3. The van der Waals surface area contributed by atoms with Crippen molar-refractivity contribution in [2.24, 2.45) is 0 Å². The summed E-state index contributed by atoms with van der Waals surface area (Å²) in [6.07, 6.45) is 0.880. The molecule has 21 heavy (non-hydrogen) atoms. The second-order valence-corrected chi connectivity index (χ2v) is 4.76. The minimum Gasteiger partial charge on any atom is -0.497 e. The Morgan fingerprint density at radius 2 is 1.90 bits per heavy atom. The maximum Gasteiger partial charge on any atom is 0.318 e. The first-order valence-corrected chi connectivity index (χ1v) is 6.85. The van der Waals surface area contributed by atoms with Gasteiger partial charge in [-0.3, -0.25) is 0 Å². The summed E-state index contributed by atoms with van der Waals surface area (Å²) in [5.41, 5.74) is 3.08. The zero-order valence-corrected chi connectivity index (χ0v) is 12.1. The number of hydrogen-bond acceptors (Lipinski definition) is 6. The van der Waals surface area contributed by atoms with Gasteiger partial charge in [-0.15, -0.1) is 0 Å². The molecule has 0 spiro atoms. The largest absolute Gasteiger partial charge is 0.497 e. The van der Waals surface area contributed by atoms with Crippen LogP contribution in [0.1, 0.15) is 11.3 Å². The number of aromatic nitrogens is 2. The van der Waals surface area contributed by atoms with Crippen LogP contribution in [0.4, 0.5) is 11.5 Å². The summed E-state index contributed by atoms with van der Waals surface area (Å²) in [6, 6.07) is 8.12. The van der Waals surface area contributed by atoms with Gasteiger partial charge in [0.15, 0.2) is 0 Å². The minimum atomic E-state index is 0.395. The number of benzene rings is 1. The molecule has 110 valence electrons. The van der Waals surface area contributed by atoms with Crippen LogP contribution >= 0.6 is 0 Å². The summed E-state index contributed by atoms with van der Waals surface area (Å²) in [4.78, 5) is 8.85. The molecule has 0 radical (unpaired) electrons. The van der Waals surface area contributed by atoms with E-state index in [0.717, 1.165) is 48.0 Å². The molecule has 1 aromatic heterocycles. The molecule has 1 aliphatic rings. The van der Waals surface area contributed by atoms with E-state index in [-0.39, 0.29) is 0 Å². The molecule has 1 aromatic carbocycles. The van der Waals surface area contributed by atoms with Gasteiger partial charge >= 0.3 is 6.01 Å². The van der Waals surface area contributed by atoms with Crippen LogP contribution in [0.5, 0.6) is 11.8 Å². The van der Waals surface area contributed by atoms with Gasteiger partial charge in [0.1, 0.15) is 11.6 Å². The van der Waals surface area contributed by atoms with Gasteiger partial charge in [-0.05, 0) is 24.3 Å². The SMILES string of the molecule is COc1ccc(Nc2nc(OC)nc3c2CNCC3)cc1. The van der Waals surface area contributed by atoms with Crippen molar-refractivity contribution < 1.29 is 9.47 Å². The van der Waals surface area contributed by atoms with Crippen molar-refractivity contribution in [1.82, 2.24) is 15.3 Å². The molecule has 6 nitrogen and oxygen atoms in total. The molecule has 3 rings (SSSR count). The van der Waals surface area contributed by atoms with Crippen LogP contribution in [-0.4, -0.2) is 30.7 Å². The number of ether oxygens (including phenoxy) is 2. The smallest absolute Gasteiger partial charge is 0.318 e. The van der Waals surface area contributed by atoms with E-state index < -0.39 is 0 Å². The fourth-order valence-corrected chi connectivity index (χ4v) is 2.33. The van der Waals surface area contributed by atoms with Crippen molar-refractivity contribution in [2.45, 2.75) is 13.0 Å². The van der Waals surface area contributed by atoms with Gasteiger partial charge in [-0.25, -0.2) is 0 Å². The van der Waals surface area contributed by atoms with Gasteiger partial charge in [-0.1, -0.05) is 0 Å². The zero-order valence-electron chi connectivity index (χ0n) is 12.1. The Morgan fingerprint density at radius 1 is 1.10 bits per heavy atom. The van der Waals surface area contributed by atoms with Gasteiger partial charge in [0.2, 0.25) is 0 Å². The lowest BCUT2D eigenvalue weighted by molar-refractivity contribution is 0.377. The molecule has 0 unspecified atom stereocenters. The normalized spacial score (nSPS) is 13.4. The molecule has 1 aliphatic heterocycles. The monoisotopic (exact) mass is 286 g/mol. The van der Waals surface area contributed by atoms with Crippen molar-refractivity contribution in [1.29, 1.82) is 0 Å². The number of anilines is 2. The Labute approximate surface area is 123 Å². The third-order valence-electron chi connectivity index (χ3n) is 3.45. The number of rotatable bonds is 4. The van der Waals surface area contributed by atoms with E-state index in [9.17, 15) is 0 Å². The van der Waals surface area contributed by atoms with Crippen LogP contribution in [0.15, 0.2) is 24.3 Å². The van der Waals surface area contributed by atoms with Crippen LogP contribution in [-0.2, 0) is 13.0 Å². The van der Waals surface area contributed by atoms with Gasteiger partial charge in [0.25, 0.3) is 0 Å². The maximum atomic E-state index is 5.19. The van der Waals surface area contributed by atoms with Crippen molar-refractivity contribution >= 4 is 11.5 Å². The maximum absolute atomic E-state index is 5.19. The summed E-state index contributed by atoms with van der Waals surface area (Å²) in [5, 5.41) is 6.67. The first-order valence-electron chi connectivity index (χ1n) is 6.85. The number of nitrogens with one attached hydrogen (secondary N) is 2. The number of nitrogens with zero attached hydrogens (tertiary/aromatic N) is 2. The van der Waals surface area contributed by atoms with E-state index in [1.54, 1.807) is 14.2 Å². The van der Waals surface area contributed by atoms with E-state index in [1.165, 1.54) is 0 Å². The first kappa shape index (κ1) is 13.6. The zero-order chi connectivity index (χ0) is 14.7. The van der Waals surface area contributed by atoms with E-state index >= 15 is 0 Å². The van der Waals surface area contributed by atoms with Crippen molar-refractivity contribution in [2.75, 3.05) is 26.1 Å². The third-order valence-corrected chi connectivity index (χ3v) is 3.45. The van der Waals surface area contributed by atoms with E-state index in [4.69, 9.17) is 9.47 Å². The number of fused-ring (bicyclic) bond motifs is 1. The molecule has 0 bridgehead atoms. The summed E-state index contributed by atoms with van der Waals surface area (Å²) >= 11 is 0. The molecule has 0 atom stereocenters. The minimum absolute atomic E-state index is 0.395. The van der Waals surface area contributed by atoms with Gasteiger partial charge in [-0.2, -0.15) is 9.97 Å². The quantitative estimate of drug-likeness (QED) is 0.894. The lowest BCUT2D eigenvalue weighted by atomic mass is 10.1. The lowest BCUT2D eigenvalue weighted by Crippen LogP contribution is -2.26. The molecule has 0 saturated carbocycles. The molecule has 2 N–H and O–H groups in total. The fraction of sp³-hybridized carbons (Fsp3) is 0.333. The average Bonchev–Trinajstić information content (AvgIpc) is 2.55. The van der Waals surface area contributed by atoms with E-state index in [0.29, 0.717) is 6.01 Å². The summed E-state index contributed by atoms with van der Waals surface area (Å²) in [7, 11) is 3.24. The van der Waals surface area contributed by atoms with Gasteiger partial charge in [0, 0.05) is 30.8 Å². The molecule has 2 aromatic rings. The highest BCUT2D eigenvalue weighted by Gasteiger charge is 2.18. The van der Waals surface area contributed by atoms with Gasteiger partial charge in [0.05, 0.1) is 19.9 Å². The molecule has 0 amide bonds. The van der Waals surface area contributed by atoms with Crippen molar-refractivity contribution in [3.8, 4) is 11.8 Å². The van der Waals surface area contributed by atoms with Gasteiger partial charge < -0.3 is 20.1 Å². The van der Waals surface area contributed by atoms with Crippen LogP contribution in [0.25, 0.3) is 0 Å². The molecular weight excluding hydrogens is 268 g/mol. The predicted octanol–water partition coefficient (Wildman–Crippen LogP) is 1.88. The standard InChI is InChI=1S/C15H18N4O2/c1-20-11-5-3-10(4-6-11)17-14-12-9-16-8-7-13(12)18-15(19-14)21-2/h3-6,16H,7-9H2,1-2H3,(H,17,18,19). The average molecular weight is 286 g/mol. The molecular formula is C15H18N4O2. The molecule has 0 aliphatic carbocycles. The Balaban J connectivity index is 1.92. The number of hydrogen-bond donors (Lipinski definition) is 2. The van der Waals surface area contributed by atoms with Crippen molar-refractivity contribution in [3.63, 3.8) is 0 Å². The highest BCUT2D eigenvalue weighted by Crippen LogP contribution is 2.26. The second-order valence-electron chi connectivity index (χ2n) is 4.76. The van der Waals surface area contributed by atoms with Crippen LogP contribution in [0.3, 0.4) is 0 Å². The van der Waals surface area contributed by atoms with E-state index in [1.807, 2.05) is 24.3 Å². The predicted molar refractivity (Wildman–Crippen MR) is 80.3 cm³/mol. The molecule has 2 heterocycles. The fourth-order valence-electron chi connectivity index (χ4n) is 2.33. The Kier molecular flexibility index (Phi) is 3.87. The van der Waals surface area contributed by atoms with Crippen LogP contribution in [0, 0.1) is 0 Å². The summed E-state index contributed by atoms with van der Waals surface area (Å²) in [5.74, 6) is 1.61. The Bertz CT molecular complexity index is 628. The van der Waals surface area contributed by atoms with Crippen LogP contribution < -0.4 is 20.1 Å². The highest BCUT2D eigenvalue weighted by molar-refractivity contribution is 5.61. The second kappa shape index (κ2) is 5.97. The summed E-state index contributed by atoms with van der Waals surface area (Å²) in [6.45, 7) is 1.69. The number of methoxy groups -OCH3 is 2. The molecule has 0 fully saturated rings. The molecule has 6 heteroatoms. The molecule has 0 saturated heterocycles. The topological polar surface area (TPSA) is 68.3 Å². The van der Waals surface area contributed by atoms with E-state index in [2.05, 4.69) is 20.6 Å². The highest BCUT2D eigenvalue weighted by atomic mass is 16.5. The lowest BCUT2D eigenvalue weighted by Gasteiger charge is -2.20. The Hall–Kier alpha value is -2.34. The third kappa shape index (κ3) is 2.90.